The molecule has 0 saturated heterocycles. The molecule has 0 unspecified atom stereocenters. The van der Waals surface area contributed by atoms with E-state index >= 15 is 0 Å². The molecule has 0 fully saturated rings. The second-order valence-corrected chi connectivity index (χ2v) is 6.13. The van der Waals surface area contributed by atoms with Crippen LogP contribution in [0, 0.1) is 10.1 Å². The van der Waals surface area contributed by atoms with Crippen molar-refractivity contribution in [2.75, 3.05) is 0 Å². The van der Waals surface area contributed by atoms with Gasteiger partial charge in [-0.1, -0.05) is 47.7 Å². The van der Waals surface area contributed by atoms with Gasteiger partial charge in [-0.25, -0.2) is 4.68 Å². The van der Waals surface area contributed by atoms with E-state index in [2.05, 4.69) is 16.4 Å². The zero-order valence-electron chi connectivity index (χ0n) is 14.4. The Bertz CT molecular complexity index is 1090. The normalized spacial score (nSPS) is 10.8. The number of rotatable bonds is 6. The van der Waals surface area contributed by atoms with Gasteiger partial charge < -0.3 is 4.74 Å². The summed E-state index contributed by atoms with van der Waals surface area (Å²) < 4.78 is 7.50. The highest BCUT2D eigenvalue weighted by molar-refractivity contribution is 5.83. The minimum Gasteiger partial charge on any atom is -0.487 e. The summed E-state index contributed by atoms with van der Waals surface area (Å²) in [6.07, 6.45) is 1.81. The molecule has 4 aromatic rings. The molecule has 0 aliphatic carbocycles. The van der Waals surface area contributed by atoms with Gasteiger partial charge in [0.2, 0.25) is 0 Å². The monoisotopic (exact) mass is 360 g/mol. The SMILES string of the molecule is O=[N+]([O-])c1ccc(Cn2cc(COc3ccc4ccccc4c3)nn2)cc1. The van der Waals surface area contributed by atoms with Crippen LogP contribution in [0.3, 0.4) is 0 Å². The number of nitro groups is 1. The van der Waals surface area contributed by atoms with Gasteiger partial charge in [-0.2, -0.15) is 0 Å². The average molecular weight is 360 g/mol. The highest BCUT2D eigenvalue weighted by Crippen LogP contribution is 2.21. The minimum absolute atomic E-state index is 0.0711. The summed E-state index contributed by atoms with van der Waals surface area (Å²) in [5.41, 5.74) is 1.69. The van der Waals surface area contributed by atoms with Crippen LogP contribution in [0.5, 0.6) is 5.75 Å². The molecule has 3 aromatic carbocycles. The van der Waals surface area contributed by atoms with E-state index in [0.717, 1.165) is 16.7 Å². The standard InChI is InChI=1S/C20H16N4O3/c25-24(26)19-8-5-15(6-9-19)12-23-13-18(21-22-23)14-27-20-10-7-16-3-1-2-4-17(16)11-20/h1-11,13H,12,14H2. The predicted octanol–water partition coefficient (Wildman–Crippen LogP) is 3.97. The molecule has 1 aromatic heterocycles. The van der Waals surface area contributed by atoms with Crippen molar-refractivity contribution in [1.82, 2.24) is 15.0 Å². The van der Waals surface area contributed by atoms with Gasteiger partial charge >= 0.3 is 0 Å². The number of hydrogen-bond donors (Lipinski definition) is 0. The number of hydrogen-bond acceptors (Lipinski definition) is 5. The van der Waals surface area contributed by atoms with Gasteiger partial charge in [0.15, 0.2) is 0 Å². The lowest BCUT2D eigenvalue weighted by atomic mass is 10.1. The third-order valence-electron chi connectivity index (χ3n) is 4.19. The first-order chi connectivity index (χ1) is 13.2. The van der Waals surface area contributed by atoms with E-state index in [1.165, 1.54) is 17.5 Å². The van der Waals surface area contributed by atoms with Crippen LogP contribution in [0.15, 0.2) is 72.9 Å². The summed E-state index contributed by atoms with van der Waals surface area (Å²) >= 11 is 0. The summed E-state index contributed by atoms with van der Waals surface area (Å²) in [6, 6.07) is 20.5. The Hall–Kier alpha value is -3.74. The average Bonchev–Trinajstić information content (AvgIpc) is 3.14. The number of benzene rings is 3. The van der Waals surface area contributed by atoms with Gasteiger partial charge in [0.05, 0.1) is 17.7 Å². The molecular formula is C20H16N4O3. The first-order valence-corrected chi connectivity index (χ1v) is 8.41. The summed E-state index contributed by atoms with van der Waals surface area (Å²) in [6.45, 7) is 0.805. The molecule has 0 radical (unpaired) electrons. The van der Waals surface area contributed by atoms with Crippen LogP contribution in [0.2, 0.25) is 0 Å². The lowest BCUT2D eigenvalue weighted by Crippen LogP contribution is -2.00. The van der Waals surface area contributed by atoms with Crippen molar-refractivity contribution in [2.24, 2.45) is 0 Å². The van der Waals surface area contributed by atoms with Gasteiger partial charge in [-0.15, -0.1) is 5.10 Å². The summed E-state index contributed by atoms with van der Waals surface area (Å²) in [7, 11) is 0. The second kappa shape index (κ2) is 7.25. The first kappa shape index (κ1) is 16.7. The lowest BCUT2D eigenvalue weighted by molar-refractivity contribution is -0.384. The van der Waals surface area contributed by atoms with Crippen molar-refractivity contribution in [3.63, 3.8) is 0 Å². The Morgan fingerprint density at radius 3 is 2.56 bits per heavy atom. The summed E-state index contributed by atoms with van der Waals surface area (Å²) in [5, 5.41) is 21.2. The lowest BCUT2D eigenvalue weighted by Gasteiger charge is -2.05. The molecule has 0 N–H and O–H groups in total. The number of fused-ring (bicyclic) bond motifs is 1. The van der Waals surface area contributed by atoms with Crippen molar-refractivity contribution in [1.29, 1.82) is 0 Å². The van der Waals surface area contributed by atoms with Crippen LogP contribution in [0.25, 0.3) is 10.8 Å². The fraction of sp³-hybridized carbons (Fsp3) is 0.100. The fourth-order valence-corrected chi connectivity index (χ4v) is 2.81. The highest BCUT2D eigenvalue weighted by Gasteiger charge is 2.06. The summed E-state index contributed by atoms with van der Waals surface area (Å²) in [4.78, 5) is 10.3. The molecule has 27 heavy (non-hydrogen) atoms. The van der Waals surface area contributed by atoms with Gasteiger partial charge in [-0.3, -0.25) is 10.1 Å². The molecule has 7 nitrogen and oxygen atoms in total. The number of non-ortho nitro benzene ring substituents is 1. The predicted molar refractivity (Wildman–Crippen MR) is 101 cm³/mol. The molecule has 4 rings (SSSR count). The van der Waals surface area contributed by atoms with Crippen molar-refractivity contribution < 1.29 is 9.66 Å². The fourth-order valence-electron chi connectivity index (χ4n) is 2.81. The molecule has 0 bridgehead atoms. The van der Waals surface area contributed by atoms with Gasteiger partial charge in [0, 0.05) is 12.1 Å². The van der Waals surface area contributed by atoms with E-state index in [4.69, 9.17) is 4.74 Å². The van der Waals surface area contributed by atoms with Crippen LogP contribution >= 0.6 is 0 Å². The largest absolute Gasteiger partial charge is 0.487 e. The van der Waals surface area contributed by atoms with E-state index in [0.29, 0.717) is 18.8 Å². The maximum atomic E-state index is 10.7. The molecule has 0 aliphatic rings. The quantitative estimate of drug-likeness (QED) is 0.384. The molecule has 1 heterocycles. The number of nitrogens with zero attached hydrogens (tertiary/aromatic N) is 4. The maximum Gasteiger partial charge on any atom is 0.269 e. The van der Waals surface area contributed by atoms with Crippen LogP contribution in [-0.2, 0) is 13.2 Å². The van der Waals surface area contributed by atoms with E-state index in [1.54, 1.807) is 16.8 Å². The maximum absolute atomic E-state index is 10.7. The Kier molecular flexibility index (Phi) is 4.49. The molecule has 0 aliphatic heterocycles. The van der Waals surface area contributed by atoms with E-state index in [-0.39, 0.29) is 5.69 Å². The topological polar surface area (TPSA) is 83.1 Å². The minimum atomic E-state index is -0.415. The Balaban J connectivity index is 1.39. The van der Waals surface area contributed by atoms with Gasteiger partial charge in [-0.05, 0) is 28.5 Å². The summed E-state index contributed by atoms with van der Waals surface area (Å²) in [5.74, 6) is 0.776. The van der Waals surface area contributed by atoms with Crippen molar-refractivity contribution in [3.8, 4) is 5.75 Å². The molecule has 134 valence electrons. The highest BCUT2D eigenvalue weighted by atomic mass is 16.6. The first-order valence-electron chi connectivity index (χ1n) is 8.41. The Labute approximate surface area is 155 Å². The Morgan fingerprint density at radius 1 is 1.00 bits per heavy atom. The molecule has 0 saturated carbocycles. The molecular weight excluding hydrogens is 344 g/mol. The molecule has 0 atom stereocenters. The van der Waals surface area contributed by atoms with Crippen molar-refractivity contribution in [3.05, 3.63) is 94.3 Å². The van der Waals surface area contributed by atoms with Crippen LogP contribution in [0.4, 0.5) is 5.69 Å². The number of ether oxygens (including phenoxy) is 1. The third-order valence-corrected chi connectivity index (χ3v) is 4.19. The third kappa shape index (κ3) is 3.92. The smallest absolute Gasteiger partial charge is 0.269 e. The van der Waals surface area contributed by atoms with Gasteiger partial charge in [0.1, 0.15) is 18.1 Å². The molecule has 0 spiro atoms. The molecule has 7 heteroatoms. The van der Waals surface area contributed by atoms with Gasteiger partial charge in [0.25, 0.3) is 5.69 Å². The number of aromatic nitrogens is 3. The van der Waals surface area contributed by atoms with E-state index in [1.807, 2.05) is 42.6 Å². The zero-order chi connectivity index (χ0) is 18.6. The zero-order valence-corrected chi connectivity index (χ0v) is 14.4. The van der Waals surface area contributed by atoms with Crippen molar-refractivity contribution >= 4 is 16.5 Å². The van der Waals surface area contributed by atoms with E-state index < -0.39 is 4.92 Å². The van der Waals surface area contributed by atoms with Crippen LogP contribution in [0.1, 0.15) is 11.3 Å². The Morgan fingerprint density at radius 2 is 1.78 bits per heavy atom. The van der Waals surface area contributed by atoms with Crippen LogP contribution in [-0.4, -0.2) is 19.9 Å². The number of nitro benzene ring substituents is 1. The second-order valence-electron chi connectivity index (χ2n) is 6.13. The molecule has 0 amide bonds. The van der Waals surface area contributed by atoms with E-state index in [9.17, 15) is 10.1 Å². The van der Waals surface area contributed by atoms with Crippen molar-refractivity contribution in [2.45, 2.75) is 13.2 Å². The van der Waals surface area contributed by atoms with Crippen LogP contribution < -0.4 is 4.74 Å².